The largest absolute Gasteiger partial charge is 0.334 e. The maximum absolute atomic E-state index is 13.2. The Balaban J connectivity index is 1.45. The minimum Gasteiger partial charge on any atom is -0.334 e. The van der Waals surface area contributed by atoms with Gasteiger partial charge in [-0.3, -0.25) is 19.6 Å². The van der Waals surface area contributed by atoms with Crippen molar-refractivity contribution < 1.29 is 4.79 Å². The predicted octanol–water partition coefficient (Wildman–Crippen LogP) is 3.03. The third-order valence-corrected chi connectivity index (χ3v) is 7.39. The van der Waals surface area contributed by atoms with Crippen LogP contribution in [0.4, 0.5) is 0 Å². The number of nitrogens with zero attached hydrogens (tertiary/aromatic N) is 4. The highest BCUT2D eigenvalue weighted by Gasteiger charge is 2.35. The third kappa shape index (κ3) is 3.37. The first-order chi connectivity index (χ1) is 14.5. The zero-order valence-electron chi connectivity index (χ0n) is 18.2. The van der Waals surface area contributed by atoms with Crippen molar-refractivity contribution in [1.82, 2.24) is 24.4 Å². The van der Waals surface area contributed by atoms with Gasteiger partial charge in [-0.15, -0.1) is 0 Å². The Morgan fingerprint density at radius 1 is 1.13 bits per heavy atom. The van der Waals surface area contributed by atoms with Gasteiger partial charge in [0.2, 0.25) is 5.91 Å². The molecular weight excluding hydrogens is 378 g/mol. The summed E-state index contributed by atoms with van der Waals surface area (Å²) in [5.74, 6) is 0.488. The first-order valence-electron chi connectivity index (χ1n) is 11.7. The highest BCUT2D eigenvalue weighted by Crippen LogP contribution is 2.35. The summed E-state index contributed by atoms with van der Waals surface area (Å²) in [5, 5.41) is 3.32. The number of carbonyl (C=O) groups excluding carboxylic acids is 1. The molecule has 3 aliphatic rings. The van der Waals surface area contributed by atoms with Gasteiger partial charge in [0.25, 0.3) is 5.56 Å². The highest BCUT2D eigenvalue weighted by molar-refractivity contribution is 5.79. The van der Waals surface area contributed by atoms with E-state index in [1.165, 1.54) is 19.3 Å². The molecule has 7 nitrogen and oxygen atoms in total. The van der Waals surface area contributed by atoms with Gasteiger partial charge >= 0.3 is 0 Å². The standard InChI is InChI=1S/C23H33N5O2/c1-15(2)26-12-10-18-17(14-26)23(30)28-21(24-18)13-19(25-28)20-9-6-11-27(20)22(29)16-7-4-3-5-8-16/h13,15-16,20,25H,3-12,14H2,1-2H3/t20-/m0/s1. The second-order valence-electron chi connectivity index (χ2n) is 9.59. The van der Waals surface area contributed by atoms with Gasteiger partial charge < -0.3 is 4.90 Å². The molecular formula is C23H33N5O2. The summed E-state index contributed by atoms with van der Waals surface area (Å²) < 4.78 is 1.60. The summed E-state index contributed by atoms with van der Waals surface area (Å²) in [5.41, 5.74) is 3.38. The Morgan fingerprint density at radius 2 is 1.93 bits per heavy atom. The number of likely N-dealkylation sites (tertiary alicyclic amines) is 1. The molecule has 0 radical (unpaired) electrons. The summed E-state index contributed by atoms with van der Waals surface area (Å²) in [7, 11) is 0. The molecule has 2 aromatic rings. The number of aromatic amines is 1. The molecule has 1 aliphatic carbocycles. The monoisotopic (exact) mass is 411 g/mol. The first-order valence-corrected chi connectivity index (χ1v) is 11.7. The number of aromatic nitrogens is 3. The second kappa shape index (κ2) is 7.84. The molecule has 0 bridgehead atoms. The number of fused-ring (bicyclic) bond motifs is 2. The van der Waals surface area contributed by atoms with Crippen molar-refractivity contribution in [1.29, 1.82) is 0 Å². The van der Waals surface area contributed by atoms with E-state index >= 15 is 0 Å². The van der Waals surface area contributed by atoms with Crippen molar-refractivity contribution in [3.63, 3.8) is 0 Å². The van der Waals surface area contributed by atoms with Crippen molar-refractivity contribution >= 4 is 11.6 Å². The Bertz CT molecular complexity index is 1000. The molecule has 1 N–H and O–H groups in total. The van der Waals surface area contributed by atoms with Crippen LogP contribution in [-0.4, -0.2) is 49.4 Å². The van der Waals surface area contributed by atoms with Gasteiger partial charge in [0.05, 0.1) is 23.0 Å². The molecule has 1 atom stereocenters. The number of rotatable bonds is 3. The van der Waals surface area contributed by atoms with Crippen molar-refractivity contribution in [3.8, 4) is 0 Å². The quantitative estimate of drug-likeness (QED) is 0.843. The fraction of sp³-hybridized carbons (Fsp3) is 0.696. The molecule has 0 aromatic carbocycles. The van der Waals surface area contributed by atoms with E-state index in [9.17, 15) is 9.59 Å². The van der Waals surface area contributed by atoms with Gasteiger partial charge in [0.15, 0.2) is 5.65 Å². The van der Waals surface area contributed by atoms with Crippen LogP contribution in [0.15, 0.2) is 10.9 Å². The number of H-pyrrole nitrogens is 1. The summed E-state index contributed by atoms with van der Waals surface area (Å²) >= 11 is 0. The van der Waals surface area contributed by atoms with Gasteiger partial charge in [-0.05, 0) is 39.5 Å². The van der Waals surface area contributed by atoms with Crippen molar-refractivity contribution in [2.45, 2.75) is 83.8 Å². The van der Waals surface area contributed by atoms with E-state index in [4.69, 9.17) is 4.98 Å². The fourth-order valence-corrected chi connectivity index (χ4v) is 5.57. The Hall–Kier alpha value is -2.15. The van der Waals surface area contributed by atoms with Crippen LogP contribution in [0.2, 0.25) is 0 Å². The van der Waals surface area contributed by atoms with Crippen molar-refractivity contribution in [2.75, 3.05) is 13.1 Å². The fourth-order valence-electron chi connectivity index (χ4n) is 5.57. The summed E-state index contributed by atoms with van der Waals surface area (Å²) in [4.78, 5) is 35.6. The number of hydrogen-bond acceptors (Lipinski definition) is 4. The maximum atomic E-state index is 13.2. The molecule has 1 saturated carbocycles. The summed E-state index contributed by atoms with van der Waals surface area (Å²) in [6, 6.07) is 2.44. The van der Waals surface area contributed by atoms with Gasteiger partial charge in [-0.2, -0.15) is 0 Å². The van der Waals surface area contributed by atoms with Gasteiger partial charge in [0.1, 0.15) is 0 Å². The first kappa shape index (κ1) is 19.8. The predicted molar refractivity (Wildman–Crippen MR) is 115 cm³/mol. The molecule has 2 fully saturated rings. The summed E-state index contributed by atoms with van der Waals surface area (Å²) in [6.45, 7) is 6.75. The molecule has 2 aliphatic heterocycles. The molecule has 30 heavy (non-hydrogen) atoms. The molecule has 0 unspecified atom stereocenters. The van der Waals surface area contributed by atoms with Crippen LogP contribution in [0.3, 0.4) is 0 Å². The van der Waals surface area contributed by atoms with Crippen LogP contribution in [0.5, 0.6) is 0 Å². The highest BCUT2D eigenvalue weighted by atomic mass is 16.2. The summed E-state index contributed by atoms with van der Waals surface area (Å²) in [6.07, 6.45) is 8.41. The Labute approximate surface area is 177 Å². The van der Waals surface area contributed by atoms with Crippen molar-refractivity contribution in [3.05, 3.63) is 33.4 Å². The number of nitrogens with one attached hydrogen (secondary N) is 1. The second-order valence-corrected chi connectivity index (χ2v) is 9.59. The third-order valence-electron chi connectivity index (χ3n) is 7.39. The van der Waals surface area contributed by atoms with Crippen LogP contribution in [-0.2, 0) is 17.8 Å². The zero-order chi connectivity index (χ0) is 20.8. The maximum Gasteiger partial charge on any atom is 0.277 e. The minimum absolute atomic E-state index is 0.00903. The molecule has 7 heteroatoms. The van der Waals surface area contributed by atoms with E-state index in [-0.39, 0.29) is 17.5 Å². The van der Waals surface area contributed by atoms with Crippen LogP contribution < -0.4 is 5.56 Å². The molecule has 1 amide bonds. The normalized spacial score (nSPS) is 23.4. The lowest BCUT2D eigenvalue weighted by Gasteiger charge is -2.30. The van der Waals surface area contributed by atoms with Gasteiger partial charge in [-0.25, -0.2) is 9.50 Å². The van der Waals surface area contributed by atoms with Crippen LogP contribution >= 0.6 is 0 Å². The minimum atomic E-state index is 0.00903. The Morgan fingerprint density at radius 3 is 2.70 bits per heavy atom. The molecule has 2 aromatic heterocycles. The lowest BCUT2D eigenvalue weighted by molar-refractivity contribution is -0.137. The van der Waals surface area contributed by atoms with Gasteiger partial charge in [0, 0.05) is 44.1 Å². The van der Waals surface area contributed by atoms with Crippen molar-refractivity contribution in [2.24, 2.45) is 5.92 Å². The van der Waals surface area contributed by atoms with E-state index in [1.54, 1.807) is 4.52 Å². The average molecular weight is 412 g/mol. The van der Waals surface area contributed by atoms with Crippen LogP contribution in [0, 0.1) is 5.92 Å². The van der Waals surface area contributed by atoms with E-state index in [2.05, 4.69) is 28.7 Å². The lowest BCUT2D eigenvalue weighted by Crippen LogP contribution is -2.40. The van der Waals surface area contributed by atoms with E-state index < -0.39 is 0 Å². The molecule has 0 spiro atoms. The average Bonchev–Trinajstić information content (AvgIpc) is 3.41. The van der Waals surface area contributed by atoms with E-state index in [0.29, 0.717) is 24.1 Å². The Kier molecular flexibility index (Phi) is 5.17. The number of hydrogen-bond donors (Lipinski definition) is 1. The SMILES string of the molecule is CC(C)N1CCc2nc3cc([C@@H]4CCCN4C(=O)C4CCCCC4)[nH]n3c(=O)c2C1. The lowest BCUT2D eigenvalue weighted by atomic mass is 9.88. The molecule has 4 heterocycles. The van der Waals surface area contributed by atoms with Crippen LogP contribution in [0.25, 0.3) is 5.65 Å². The molecule has 1 saturated heterocycles. The van der Waals surface area contributed by atoms with E-state index in [0.717, 1.165) is 62.1 Å². The topological polar surface area (TPSA) is 73.7 Å². The number of carbonyl (C=O) groups is 1. The van der Waals surface area contributed by atoms with Gasteiger partial charge in [-0.1, -0.05) is 19.3 Å². The van der Waals surface area contributed by atoms with E-state index in [1.807, 2.05) is 6.07 Å². The molecule has 162 valence electrons. The zero-order valence-corrected chi connectivity index (χ0v) is 18.2. The number of amides is 1. The molecule has 5 rings (SSSR count). The smallest absolute Gasteiger partial charge is 0.277 e. The van der Waals surface area contributed by atoms with Crippen LogP contribution in [0.1, 0.15) is 81.8 Å².